The van der Waals surface area contributed by atoms with Crippen LogP contribution >= 0.6 is 0 Å². The van der Waals surface area contributed by atoms with E-state index in [4.69, 9.17) is 0 Å². The van der Waals surface area contributed by atoms with Crippen molar-refractivity contribution in [3.05, 3.63) is 35.7 Å². The number of nitrogens with zero attached hydrogens (tertiary/aromatic N) is 2. The fourth-order valence-corrected chi connectivity index (χ4v) is 3.17. The van der Waals surface area contributed by atoms with Crippen LogP contribution in [-0.2, 0) is 11.3 Å². The number of amides is 1. The highest BCUT2D eigenvalue weighted by atomic mass is 16.2. The minimum Gasteiger partial charge on any atom is -0.352 e. The van der Waals surface area contributed by atoms with E-state index in [1.807, 2.05) is 31.2 Å². The van der Waals surface area contributed by atoms with Crippen LogP contribution in [0.4, 0.5) is 0 Å². The van der Waals surface area contributed by atoms with Crippen LogP contribution in [0, 0.1) is 24.7 Å². The van der Waals surface area contributed by atoms with Gasteiger partial charge in [-0.05, 0) is 49.7 Å². The van der Waals surface area contributed by atoms with Crippen molar-refractivity contribution in [2.24, 2.45) is 17.8 Å². The molecule has 0 bridgehead atoms. The summed E-state index contributed by atoms with van der Waals surface area (Å²) in [5, 5.41) is 10.1. The number of carbonyl (C=O) groups is 1. The molecule has 2 N–H and O–H groups in total. The molecule has 2 fully saturated rings. The maximum Gasteiger partial charge on any atom is 0.223 e. The second kappa shape index (κ2) is 5.23. The molecule has 5 heteroatoms. The molecule has 2 aliphatic rings. The number of aromatic nitrogens is 3. The zero-order valence-electron chi connectivity index (χ0n) is 12.7. The van der Waals surface area contributed by atoms with Crippen LogP contribution in [0.2, 0.25) is 0 Å². The van der Waals surface area contributed by atoms with Crippen molar-refractivity contribution < 1.29 is 4.79 Å². The Kier molecular flexibility index (Phi) is 3.21. The molecular weight excluding hydrogens is 276 g/mol. The molecule has 2 saturated carbocycles. The van der Waals surface area contributed by atoms with E-state index >= 15 is 0 Å². The van der Waals surface area contributed by atoms with E-state index < -0.39 is 0 Å². The molecule has 1 aromatic heterocycles. The first-order chi connectivity index (χ1) is 10.7. The van der Waals surface area contributed by atoms with Crippen LogP contribution in [0.25, 0.3) is 11.4 Å². The Balaban J connectivity index is 1.37. The van der Waals surface area contributed by atoms with Crippen molar-refractivity contribution in [1.29, 1.82) is 0 Å². The van der Waals surface area contributed by atoms with Gasteiger partial charge in [-0.15, -0.1) is 0 Å². The molecule has 0 saturated heterocycles. The molecule has 1 heterocycles. The van der Waals surface area contributed by atoms with Gasteiger partial charge in [0.05, 0.1) is 0 Å². The lowest BCUT2D eigenvalue weighted by molar-refractivity contribution is -0.122. The Hall–Kier alpha value is -2.17. The molecule has 114 valence electrons. The molecule has 2 atom stereocenters. The molecule has 4 rings (SSSR count). The first-order valence-electron chi connectivity index (χ1n) is 7.97. The van der Waals surface area contributed by atoms with Crippen molar-refractivity contribution in [3.63, 3.8) is 0 Å². The number of H-pyrrole nitrogens is 1. The number of hydrogen-bond donors (Lipinski definition) is 2. The van der Waals surface area contributed by atoms with E-state index in [-0.39, 0.29) is 11.8 Å². The van der Waals surface area contributed by atoms with E-state index in [0.29, 0.717) is 18.3 Å². The van der Waals surface area contributed by atoms with E-state index in [1.165, 1.54) is 12.8 Å². The summed E-state index contributed by atoms with van der Waals surface area (Å²) >= 11 is 0. The Bertz CT molecular complexity index is 704. The number of aromatic amines is 1. The summed E-state index contributed by atoms with van der Waals surface area (Å²) in [6, 6.07) is 8.02. The monoisotopic (exact) mass is 296 g/mol. The summed E-state index contributed by atoms with van der Waals surface area (Å²) in [6.45, 7) is 2.45. The molecule has 0 spiro atoms. The van der Waals surface area contributed by atoms with Gasteiger partial charge in [0.2, 0.25) is 5.91 Å². The molecule has 22 heavy (non-hydrogen) atoms. The number of rotatable bonds is 5. The van der Waals surface area contributed by atoms with Crippen molar-refractivity contribution in [3.8, 4) is 11.4 Å². The van der Waals surface area contributed by atoms with Gasteiger partial charge in [0.25, 0.3) is 0 Å². The fraction of sp³-hybridized carbons (Fsp3) is 0.471. The van der Waals surface area contributed by atoms with Gasteiger partial charge in [0, 0.05) is 18.0 Å². The van der Waals surface area contributed by atoms with Crippen molar-refractivity contribution in [2.75, 3.05) is 0 Å². The molecule has 2 unspecified atom stereocenters. The Morgan fingerprint density at radius 2 is 2.27 bits per heavy atom. The summed E-state index contributed by atoms with van der Waals surface area (Å²) in [6.07, 6.45) is 3.74. The number of nitrogens with one attached hydrogen (secondary N) is 2. The lowest BCUT2D eigenvalue weighted by Gasteiger charge is -2.06. The van der Waals surface area contributed by atoms with Gasteiger partial charge < -0.3 is 5.32 Å². The van der Waals surface area contributed by atoms with Crippen molar-refractivity contribution >= 4 is 5.91 Å². The van der Waals surface area contributed by atoms with Crippen LogP contribution in [0.15, 0.2) is 24.3 Å². The van der Waals surface area contributed by atoms with E-state index in [2.05, 4.69) is 20.5 Å². The zero-order valence-corrected chi connectivity index (χ0v) is 12.7. The maximum absolute atomic E-state index is 12.1. The van der Waals surface area contributed by atoms with Gasteiger partial charge in [0.1, 0.15) is 5.82 Å². The summed E-state index contributed by atoms with van der Waals surface area (Å²) in [7, 11) is 0. The van der Waals surface area contributed by atoms with Crippen LogP contribution in [0.5, 0.6) is 0 Å². The third kappa shape index (κ3) is 2.75. The highest BCUT2D eigenvalue weighted by Gasteiger charge is 2.50. The summed E-state index contributed by atoms with van der Waals surface area (Å²) in [4.78, 5) is 16.5. The predicted molar refractivity (Wildman–Crippen MR) is 82.7 cm³/mol. The van der Waals surface area contributed by atoms with Gasteiger partial charge >= 0.3 is 0 Å². The third-order valence-corrected chi connectivity index (χ3v) is 4.65. The first-order valence-corrected chi connectivity index (χ1v) is 7.97. The Morgan fingerprint density at radius 1 is 1.41 bits per heavy atom. The van der Waals surface area contributed by atoms with Crippen molar-refractivity contribution in [2.45, 2.75) is 32.7 Å². The molecule has 2 aliphatic carbocycles. The van der Waals surface area contributed by atoms with E-state index in [0.717, 1.165) is 29.3 Å². The van der Waals surface area contributed by atoms with Gasteiger partial charge in [-0.2, -0.15) is 5.10 Å². The minimum absolute atomic E-state index is 0.219. The smallest absolute Gasteiger partial charge is 0.223 e. The fourth-order valence-electron chi connectivity index (χ4n) is 3.17. The normalized spacial score (nSPS) is 23.3. The number of hydrogen-bond acceptors (Lipinski definition) is 3. The summed E-state index contributed by atoms with van der Waals surface area (Å²) in [5.41, 5.74) is 2.05. The summed E-state index contributed by atoms with van der Waals surface area (Å²) < 4.78 is 0. The van der Waals surface area contributed by atoms with Gasteiger partial charge in [-0.1, -0.05) is 18.2 Å². The zero-order chi connectivity index (χ0) is 15.1. The molecule has 1 aromatic carbocycles. The average molecular weight is 296 g/mol. The van der Waals surface area contributed by atoms with Gasteiger partial charge in [-0.3, -0.25) is 9.89 Å². The lowest BCUT2D eigenvalue weighted by atomic mass is 10.1. The average Bonchev–Trinajstić information content (AvgIpc) is 3.42. The molecule has 2 aromatic rings. The van der Waals surface area contributed by atoms with Crippen molar-refractivity contribution in [1.82, 2.24) is 20.5 Å². The standard InChI is InChI=1S/C17H20N4O/c1-10-19-16(21-20-10)13-4-2-3-11(7-13)9-18-17(22)15-8-14(15)12-5-6-12/h2-4,7,12,14-15H,5-6,8-9H2,1H3,(H,18,22)(H,19,20,21). The Labute approximate surface area is 129 Å². The molecular formula is C17H20N4O. The van der Waals surface area contributed by atoms with Gasteiger partial charge in [0.15, 0.2) is 5.82 Å². The second-order valence-corrected chi connectivity index (χ2v) is 6.51. The van der Waals surface area contributed by atoms with Crippen LogP contribution in [-0.4, -0.2) is 21.1 Å². The van der Waals surface area contributed by atoms with E-state index in [9.17, 15) is 4.79 Å². The van der Waals surface area contributed by atoms with Crippen LogP contribution in [0.1, 0.15) is 30.7 Å². The highest BCUT2D eigenvalue weighted by molar-refractivity contribution is 5.81. The maximum atomic E-state index is 12.1. The third-order valence-electron chi connectivity index (χ3n) is 4.65. The quantitative estimate of drug-likeness (QED) is 0.890. The first kappa shape index (κ1) is 13.5. The molecule has 1 amide bonds. The topological polar surface area (TPSA) is 70.7 Å². The minimum atomic E-state index is 0.219. The number of benzene rings is 1. The predicted octanol–water partition coefficient (Wildman–Crippen LogP) is 2.44. The Morgan fingerprint density at radius 3 is 3.00 bits per heavy atom. The van der Waals surface area contributed by atoms with E-state index in [1.54, 1.807) is 0 Å². The summed E-state index contributed by atoms with van der Waals surface area (Å²) in [5.74, 6) is 3.49. The van der Waals surface area contributed by atoms with Crippen LogP contribution in [0.3, 0.4) is 0 Å². The lowest BCUT2D eigenvalue weighted by Crippen LogP contribution is -2.25. The molecule has 5 nitrogen and oxygen atoms in total. The SMILES string of the molecule is Cc1nc(-c2cccc(CNC(=O)C3CC3C3CC3)c2)n[nH]1. The largest absolute Gasteiger partial charge is 0.352 e. The number of aryl methyl sites for hydroxylation is 1. The highest BCUT2D eigenvalue weighted by Crippen LogP contribution is 2.54. The molecule has 0 aliphatic heterocycles. The molecule has 0 radical (unpaired) electrons. The second-order valence-electron chi connectivity index (χ2n) is 6.51. The number of carbonyl (C=O) groups excluding carboxylic acids is 1. The van der Waals surface area contributed by atoms with Gasteiger partial charge in [-0.25, -0.2) is 4.98 Å². The van der Waals surface area contributed by atoms with Crippen LogP contribution < -0.4 is 5.32 Å².